The van der Waals surface area contributed by atoms with Crippen LogP contribution in [0.5, 0.6) is 0 Å². The molecule has 0 saturated carbocycles. The first-order valence-electron chi connectivity index (χ1n) is 11.6. The third kappa shape index (κ3) is 7.05. The van der Waals surface area contributed by atoms with Gasteiger partial charge >= 0.3 is 12.2 Å². The number of halogens is 5. The number of carbonyl (C=O) groups excluding carboxylic acids is 1. The summed E-state index contributed by atoms with van der Waals surface area (Å²) in [7, 11) is -1.34. The van der Waals surface area contributed by atoms with Gasteiger partial charge in [-0.25, -0.2) is 27.5 Å². The van der Waals surface area contributed by atoms with Crippen molar-refractivity contribution >= 4 is 44.6 Å². The molecule has 0 aliphatic rings. The number of hydrogen-bond donors (Lipinski definition) is 5. The molecule has 0 saturated heterocycles. The largest absolute Gasteiger partial charge is 0.416 e. The van der Waals surface area contributed by atoms with Crippen molar-refractivity contribution in [1.29, 1.82) is 4.78 Å². The van der Waals surface area contributed by atoms with E-state index in [1.54, 1.807) is 31.3 Å². The van der Waals surface area contributed by atoms with Crippen molar-refractivity contribution in [3.05, 3.63) is 84.1 Å². The quantitative estimate of drug-likeness (QED) is 0.149. The van der Waals surface area contributed by atoms with Crippen molar-refractivity contribution in [2.24, 2.45) is 0 Å². The maximum atomic E-state index is 14.9. The SMILES string of the molecule is CNc1nc(Nc2cccc([S@@](C)(=N)=O)c2)ncc1-c1ccc(NC(=O)Nc2cc(C(F)(F)F)ccc2F)c(F)c1. The van der Waals surface area contributed by atoms with Crippen LogP contribution in [-0.2, 0) is 15.9 Å². The molecule has 0 spiro atoms. The molecule has 0 bridgehead atoms. The average molecular weight is 592 g/mol. The first kappa shape index (κ1) is 29.2. The van der Waals surface area contributed by atoms with Gasteiger partial charge in [0.05, 0.1) is 26.7 Å². The van der Waals surface area contributed by atoms with E-state index in [0.29, 0.717) is 45.7 Å². The Bertz CT molecular complexity index is 1730. The molecule has 15 heteroatoms. The maximum Gasteiger partial charge on any atom is 0.416 e. The van der Waals surface area contributed by atoms with Gasteiger partial charge < -0.3 is 21.3 Å². The van der Waals surface area contributed by atoms with Crippen LogP contribution in [0.3, 0.4) is 0 Å². The van der Waals surface area contributed by atoms with Gasteiger partial charge in [0.25, 0.3) is 0 Å². The fraction of sp³-hybridized carbons (Fsp3) is 0.115. The summed E-state index contributed by atoms with van der Waals surface area (Å²) in [6.07, 6.45) is -2.02. The number of anilines is 5. The van der Waals surface area contributed by atoms with Gasteiger partial charge in [-0.3, -0.25) is 0 Å². The van der Waals surface area contributed by atoms with E-state index in [2.05, 4.69) is 25.9 Å². The van der Waals surface area contributed by atoms with Gasteiger partial charge in [0, 0.05) is 35.6 Å². The lowest BCUT2D eigenvalue weighted by molar-refractivity contribution is -0.137. The molecule has 214 valence electrons. The van der Waals surface area contributed by atoms with E-state index in [9.17, 15) is 31.0 Å². The summed E-state index contributed by atoms with van der Waals surface area (Å²) in [5.74, 6) is -1.51. The molecule has 4 aromatic rings. The molecule has 1 aromatic heterocycles. The number of amides is 2. The molecule has 9 nitrogen and oxygen atoms in total. The Morgan fingerprint density at radius 2 is 1.68 bits per heavy atom. The number of hydrogen-bond acceptors (Lipinski definition) is 7. The number of rotatable bonds is 7. The number of aromatic nitrogens is 2. The lowest BCUT2D eigenvalue weighted by Gasteiger charge is -2.14. The Labute approximate surface area is 231 Å². The van der Waals surface area contributed by atoms with Crippen LogP contribution in [0.2, 0.25) is 0 Å². The van der Waals surface area contributed by atoms with Crippen LogP contribution in [-0.4, -0.2) is 33.5 Å². The van der Waals surface area contributed by atoms with E-state index < -0.39 is 44.8 Å². The summed E-state index contributed by atoms with van der Waals surface area (Å²) >= 11 is 0. The third-order valence-corrected chi connectivity index (χ3v) is 6.79. The lowest BCUT2D eigenvalue weighted by Crippen LogP contribution is -2.21. The molecule has 2 amide bonds. The number of nitrogens with zero attached hydrogens (tertiary/aromatic N) is 2. The molecule has 5 N–H and O–H groups in total. The van der Waals surface area contributed by atoms with Crippen LogP contribution >= 0.6 is 0 Å². The molecule has 3 aromatic carbocycles. The number of nitrogens with one attached hydrogen (secondary N) is 5. The van der Waals surface area contributed by atoms with Gasteiger partial charge in [-0.15, -0.1) is 0 Å². The minimum atomic E-state index is -4.75. The molecule has 0 aliphatic heterocycles. The van der Waals surface area contributed by atoms with Crippen molar-refractivity contribution in [3.63, 3.8) is 0 Å². The standard InChI is InChI=1S/C26H22F5N7O2S/c1-33-23-18(13-34-24(38-23)35-16-4-3-5-17(12-16)41(2,32)40)14-6-9-21(20(28)10-14)36-25(39)37-22-11-15(26(29,30)31)7-8-19(22)27/h3-13,32H,1-2H3,(H2,36,37,39)(H2,33,34,35,38)/t41-/m0/s1. The highest BCUT2D eigenvalue weighted by atomic mass is 32.2. The monoisotopic (exact) mass is 591 g/mol. The smallest absolute Gasteiger partial charge is 0.372 e. The second kappa shape index (κ2) is 11.4. The predicted molar refractivity (Wildman–Crippen MR) is 146 cm³/mol. The van der Waals surface area contributed by atoms with Crippen LogP contribution in [0.25, 0.3) is 11.1 Å². The summed E-state index contributed by atoms with van der Waals surface area (Å²) in [6.45, 7) is 0. The van der Waals surface area contributed by atoms with E-state index >= 15 is 0 Å². The normalized spacial score (nSPS) is 12.8. The number of carbonyl (C=O) groups is 1. The highest BCUT2D eigenvalue weighted by molar-refractivity contribution is 7.91. The lowest BCUT2D eigenvalue weighted by atomic mass is 10.1. The number of urea groups is 1. The molecule has 0 fully saturated rings. The predicted octanol–water partition coefficient (Wildman–Crippen LogP) is 6.91. The number of alkyl halides is 3. The Morgan fingerprint density at radius 3 is 2.34 bits per heavy atom. The molecule has 0 radical (unpaired) electrons. The molecule has 41 heavy (non-hydrogen) atoms. The second-order valence-electron chi connectivity index (χ2n) is 8.67. The van der Waals surface area contributed by atoms with Gasteiger partial charge in [-0.2, -0.15) is 18.2 Å². The number of benzene rings is 3. The van der Waals surface area contributed by atoms with Gasteiger partial charge in [-0.1, -0.05) is 12.1 Å². The van der Waals surface area contributed by atoms with Gasteiger partial charge in [0.15, 0.2) is 0 Å². The Kier molecular flexibility index (Phi) is 8.10. The zero-order chi connectivity index (χ0) is 29.9. The molecular formula is C26H22F5N7O2S. The summed E-state index contributed by atoms with van der Waals surface area (Å²) in [4.78, 5) is 21.2. The zero-order valence-electron chi connectivity index (χ0n) is 21.4. The minimum absolute atomic E-state index is 0.167. The highest BCUT2D eigenvalue weighted by Crippen LogP contribution is 2.33. The summed E-state index contributed by atoms with van der Waals surface area (Å²) < 4.78 is 87.3. The average Bonchev–Trinajstić information content (AvgIpc) is 2.90. The zero-order valence-corrected chi connectivity index (χ0v) is 22.2. The van der Waals surface area contributed by atoms with E-state index in [1.807, 2.05) is 5.32 Å². The Hall–Kier alpha value is -4.79. The molecule has 4 rings (SSSR count). The van der Waals surface area contributed by atoms with Crippen molar-refractivity contribution in [3.8, 4) is 11.1 Å². The summed E-state index contributed by atoms with van der Waals surface area (Å²) in [5.41, 5.74) is -0.977. The minimum Gasteiger partial charge on any atom is -0.372 e. The Balaban J connectivity index is 1.51. The van der Waals surface area contributed by atoms with Crippen molar-refractivity contribution in [1.82, 2.24) is 9.97 Å². The van der Waals surface area contributed by atoms with Crippen molar-refractivity contribution < 1.29 is 31.0 Å². The van der Waals surface area contributed by atoms with Gasteiger partial charge in [0.2, 0.25) is 5.95 Å². The van der Waals surface area contributed by atoms with E-state index in [1.165, 1.54) is 24.6 Å². The van der Waals surface area contributed by atoms with Crippen LogP contribution in [0.1, 0.15) is 5.56 Å². The van der Waals surface area contributed by atoms with E-state index in [-0.39, 0.29) is 11.6 Å². The first-order chi connectivity index (χ1) is 19.2. The topological polar surface area (TPSA) is 132 Å². The highest BCUT2D eigenvalue weighted by Gasteiger charge is 2.31. The molecule has 0 aliphatic carbocycles. The van der Waals surface area contributed by atoms with Crippen molar-refractivity contribution in [2.45, 2.75) is 11.1 Å². The van der Waals surface area contributed by atoms with Crippen LogP contribution < -0.4 is 21.3 Å². The fourth-order valence-electron chi connectivity index (χ4n) is 3.65. The maximum absolute atomic E-state index is 14.9. The molecule has 1 heterocycles. The van der Waals surface area contributed by atoms with Crippen LogP contribution in [0.4, 0.5) is 55.6 Å². The van der Waals surface area contributed by atoms with E-state index in [4.69, 9.17) is 4.78 Å². The fourth-order valence-corrected chi connectivity index (χ4v) is 4.34. The van der Waals surface area contributed by atoms with Gasteiger partial charge in [-0.05, 0) is 54.1 Å². The Morgan fingerprint density at radius 1 is 0.951 bits per heavy atom. The van der Waals surface area contributed by atoms with Gasteiger partial charge in [0.1, 0.15) is 17.5 Å². The van der Waals surface area contributed by atoms with E-state index in [0.717, 1.165) is 6.07 Å². The van der Waals surface area contributed by atoms with Crippen molar-refractivity contribution in [2.75, 3.05) is 34.6 Å². The third-order valence-electron chi connectivity index (χ3n) is 5.64. The second-order valence-corrected chi connectivity index (χ2v) is 10.8. The summed E-state index contributed by atoms with van der Waals surface area (Å²) in [5, 5.41) is 9.93. The van der Waals surface area contributed by atoms with Crippen LogP contribution in [0, 0.1) is 16.4 Å². The summed E-state index contributed by atoms with van der Waals surface area (Å²) in [6, 6.07) is 10.6. The molecule has 1 atom stereocenters. The molecule has 0 unspecified atom stereocenters. The molecular weight excluding hydrogens is 569 g/mol. The first-order valence-corrected chi connectivity index (χ1v) is 13.6. The van der Waals surface area contributed by atoms with Crippen LogP contribution in [0.15, 0.2) is 71.8 Å².